The van der Waals surface area contributed by atoms with Gasteiger partial charge in [-0.15, -0.1) is 0 Å². The number of ether oxygens (including phenoxy) is 1. The second-order valence-corrected chi connectivity index (χ2v) is 6.03. The van der Waals surface area contributed by atoms with Crippen LogP contribution < -0.4 is 4.74 Å². The molecule has 1 atom stereocenters. The molecule has 0 heterocycles. The Morgan fingerprint density at radius 1 is 1.33 bits per heavy atom. The summed E-state index contributed by atoms with van der Waals surface area (Å²) in [6, 6.07) is 4.39. The maximum atomic E-state index is 13.2. The fourth-order valence-corrected chi connectivity index (χ4v) is 3.44. The van der Waals surface area contributed by atoms with E-state index in [1.807, 2.05) is 0 Å². The van der Waals surface area contributed by atoms with Crippen LogP contribution in [0, 0.1) is 11.2 Å². The lowest BCUT2D eigenvalue weighted by Crippen LogP contribution is -2.55. The van der Waals surface area contributed by atoms with Crippen LogP contribution in [-0.4, -0.2) is 11.9 Å². The summed E-state index contributed by atoms with van der Waals surface area (Å²) in [5.41, 5.74) is -0.272. The van der Waals surface area contributed by atoms with Crippen LogP contribution in [0.1, 0.15) is 32.1 Å². The zero-order valence-electron chi connectivity index (χ0n) is 9.92. The fourth-order valence-electron chi connectivity index (χ4n) is 3.10. The summed E-state index contributed by atoms with van der Waals surface area (Å²) in [6.45, 7) is 0. The van der Waals surface area contributed by atoms with Gasteiger partial charge in [0.1, 0.15) is 23.5 Å². The Morgan fingerprint density at radius 2 is 2.06 bits per heavy atom. The third-order valence-electron chi connectivity index (χ3n) is 4.20. The highest BCUT2D eigenvalue weighted by Gasteiger charge is 2.57. The van der Waals surface area contributed by atoms with E-state index in [1.54, 1.807) is 6.07 Å². The smallest absolute Gasteiger partial charge is 0.146 e. The van der Waals surface area contributed by atoms with Gasteiger partial charge in [-0.05, 0) is 40.9 Å². The van der Waals surface area contributed by atoms with Crippen molar-refractivity contribution in [3.05, 3.63) is 28.5 Å². The van der Waals surface area contributed by atoms with Gasteiger partial charge in [0.2, 0.25) is 0 Å². The van der Waals surface area contributed by atoms with Crippen LogP contribution in [0.4, 0.5) is 4.39 Å². The highest BCUT2D eigenvalue weighted by Crippen LogP contribution is 2.52. The molecule has 1 aromatic carbocycles. The molecule has 2 aliphatic rings. The van der Waals surface area contributed by atoms with Crippen molar-refractivity contribution in [2.24, 2.45) is 5.41 Å². The molecule has 2 nitrogen and oxygen atoms in total. The molecule has 0 saturated heterocycles. The number of halogens is 2. The fraction of sp³-hybridized carbons (Fsp3) is 0.500. The first kappa shape index (κ1) is 12.2. The predicted octanol–water partition coefficient (Wildman–Crippen LogP) is 3.87. The molecule has 1 unspecified atom stereocenters. The number of carbonyl (C=O) groups is 1. The Morgan fingerprint density at radius 3 is 2.72 bits per heavy atom. The van der Waals surface area contributed by atoms with Crippen molar-refractivity contribution in [2.45, 2.75) is 38.2 Å². The number of hydrogen-bond acceptors (Lipinski definition) is 2. The van der Waals surface area contributed by atoms with E-state index >= 15 is 0 Å². The largest absolute Gasteiger partial charge is 0.488 e. The third-order valence-corrected chi connectivity index (χ3v) is 4.86. The van der Waals surface area contributed by atoms with Crippen molar-refractivity contribution < 1.29 is 13.9 Å². The summed E-state index contributed by atoms with van der Waals surface area (Å²) in [7, 11) is 0. The van der Waals surface area contributed by atoms with E-state index in [0.717, 1.165) is 30.2 Å². The second-order valence-electron chi connectivity index (χ2n) is 5.17. The van der Waals surface area contributed by atoms with E-state index in [0.29, 0.717) is 18.0 Å². The monoisotopic (exact) mass is 312 g/mol. The van der Waals surface area contributed by atoms with Crippen molar-refractivity contribution in [2.75, 3.05) is 0 Å². The van der Waals surface area contributed by atoms with Crippen LogP contribution in [0.5, 0.6) is 5.75 Å². The first-order valence-corrected chi connectivity index (χ1v) is 7.06. The van der Waals surface area contributed by atoms with E-state index in [1.165, 1.54) is 12.1 Å². The van der Waals surface area contributed by atoms with Gasteiger partial charge in [0.25, 0.3) is 0 Å². The summed E-state index contributed by atoms with van der Waals surface area (Å²) < 4.78 is 19.8. The Labute approximate surface area is 114 Å². The van der Waals surface area contributed by atoms with Crippen LogP contribution in [0.15, 0.2) is 22.7 Å². The Hall–Kier alpha value is -0.900. The van der Waals surface area contributed by atoms with Crippen molar-refractivity contribution in [1.82, 2.24) is 0 Å². The number of carbonyl (C=O) groups excluding carboxylic acids is 1. The van der Waals surface area contributed by atoms with Crippen LogP contribution in [0.3, 0.4) is 0 Å². The van der Waals surface area contributed by atoms with Gasteiger partial charge in [-0.3, -0.25) is 4.79 Å². The molecule has 2 aliphatic carbocycles. The second kappa shape index (κ2) is 4.34. The average molecular weight is 313 g/mol. The minimum atomic E-state index is -0.320. The van der Waals surface area contributed by atoms with E-state index in [-0.39, 0.29) is 17.3 Å². The minimum absolute atomic E-state index is 0.0781. The van der Waals surface area contributed by atoms with Gasteiger partial charge in [0.05, 0.1) is 9.89 Å². The average Bonchev–Trinajstić information content (AvgIpc) is 2.85. The van der Waals surface area contributed by atoms with Crippen LogP contribution in [-0.2, 0) is 4.79 Å². The number of Topliss-reactive ketones (excluding diaryl/α,β-unsaturated/α-hetero) is 1. The molecule has 0 radical (unpaired) electrons. The summed E-state index contributed by atoms with van der Waals surface area (Å²) in [5.74, 6) is 0.496. The number of benzene rings is 1. The maximum Gasteiger partial charge on any atom is 0.146 e. The SMILES string of the molecule is O=C1CC(Oc2cc(F)ccc2Br)C12CCCC2. The maximum absolute atomic E-state index is 13.2. The van der Waals surface area contributed by atoms with E-state index < -0.39 is 0 Å². The molecule has 18 heavy (non-hydrogen) atoms. The normalized spacial score (nSPS) is 25.2. The Bertz CT molecular complexity index is 495. The zero-order chi connectivity index (χ0) is 12.8. The van der Waals surface area contributed by atoms with Crippen molar-refractivity contribution in [3.63, 3.8) is 0 Å². The lowest BCUT2D eigenvalue weighted by atomic mass is 9.63. The molecule has 0 amide bonds. The van der Waals surface area contributed by atoms with Gasteiger partial charge in [-0.25, -0.2) is 4.39 Å². The standard InChI is InChI=1S/C14H14BrFO2/c15-10-4-3-9(16)7-11(10)18-13-8-12(17)14(13)5-1-2-6-14/h3-4,7,13H,1-2,5-6,8H2. The van der Waals surface area contributed by atoms with Crippen molar-refractivity contribution >= 4 is 21.7 Å². The van der Waals surface area contributed by atoms with Crippen molar-refractivity contribution in [1.29, 1.82) is 0 Å². The molecule has 3 rings (SSSR count). The summed E-state index contributed by atoms with van der Waals surface area (Å²) >= 11 is 3.35. The van der Waals surface area contributed by atoms with Gasteiger partial charge in [-0.1, -0.05) is 12.8 Å². The number of rotatable bonds is 2. The molecule has 96 valence electrons. The van der Waals surface area contributed by atoms with Crippen LogP contribution in [0.25, 0.3) is 0 Å². The first-order chi connectivity index (χ1) is 8.62. The Kier molecular flexibility index (Phi) is 2.93. The molecule has 4 heteroatoms. The van der Waals surface area contributed by atoms with Gasteiger partial charge in [0.15, 0.2) is 0 Å². The molecule has 1 aromatic rings. The molecule has 0 aromatic heterocycles. The molecule has 0 aliphatic heterocycles. The topological polar surface area (TPSA) is 26.3 Å². The van der Waals surface area contributed by atoms with Crippen LogP contribution >= 0.6 is 15.9 Å². The highest BCUT2D eigenvalue weighted by atomic mass is 79.9. The molecule has 2 saturated carbocycles. The first-order valence-electron chi connectivity index (χ1n) is 6.27. The molecular weight excluding hydrogens is 299 g/mol. The zero-order valence-corrected chi connectivity index (χ0v) is 11.5. The van der Waals surface area contributed by atoms with E-state index in [9.17, 15) is 9.18 Å². The molecule has 1 spiro atoms. The van der Waals surface area contributed by atoms with E-state index in [4.69, 9.17) is 4.74 Å². The van der Waals surface area contributed by atoms with Gasteiger partial charge in [0, 0.05) is 12.5 Å². The predicted molar refractivity (Wildman–Crippen MR) is 69.0 cm³/mol. The van der Waals surface area contributed by atoms with Gasteiger partial charge < -0.3 is 4.74 Å². The highest BCUT2D eigenvalue weighted by molar-refractivity contribution is 9.10. The lowest BCUT2D eigenvalue weighted by molar-refractivity contribution is -0.151. The molecular formula is C14H14BrFO2. The minimum Gasteiger partial charge on any atom is -0.488 e. The summed E-state index contributed by atoms with van der Waals surface area (Å²) in [5, 5.41) is 0. The van der Waals surface area contributed by atoms with Gasteiger partial charge >= 0.3 is 0 Å². The van der Waals surface area contributed by atoms with Crippen LogP contribution in [0.2, 0.25) is 0 Å². The van der Waals surface area contributed by atoms with Crippen molar-refractivity contribution in [3.8, 4) is 5.75 Å². The molecule has 0 bridgehead atoms. The number of hydrogen-bond donors (Lipinski definition) is 0. The molecule has 0 N–H and O–H groups in total. The third kappa shape index (κ3) is 1.78. The lowest BCUT2D eigenvalue weighted by Gasteiger charge is -2.44. The van der Waals surface area contributed by atoms with E-state index in [2.05, 4.69) is 15.9 Å². The van der Waals surface area contributed by atoms with Gasteiger partial charge in [-0.2, -0.15) is 0 Å². The summed E-state index contributed by atoms with van der Waals surface area (Å²) in [4.78, 5) is 11.8. The number of ketones is 1. The Balaban J connectivity index is 1.81. The summed E-state index contributed by atoms with van der Waals surface area (Å²) in [6.07, 6.45) is 4.41. The molecule has 2 fully saturated rings. The quantitative estimate of drug-likeness (QED) is 0.828.